The van der Waals surface area contributed by atoms with Crippen LogP contribution in [-0.4, -0.2) is 26.4 Å². The fourth-order valence-corrected chi connectivity index (χ4v) is 2.16. The van der Waals surface area contributed by atoms with Crippen LogP contribution in [0.1, 0.15) is 5.56 Å². The van der Waals surface area contributed by atoms with Gasteiger partial charge in [0.15, 0.2) is 5.52 Å². The Hall–Kier alpha value is -2.90. The van der Waals surface area contributed by atoms with Crippen molar-refractivity contribution in [2.75, 3.05) is 0 Å². The van der Waals surface area contributed by atoms with Gasteiger partial charge in [-0.25, -0.2) is 15.0 Å². The first kappa shape index (κ1) is 15.0. The zero-order valence-electron chi connectivity index (χ0n) is 11.8. The van der Waals surface area contributed by atoms with Gasteiger partial charge >= 0.3 is 6.36 Å². The number of hydrogen-bond donors (Lipinski definition) is 1. The summed E-state index contributed by atoms with van der Waals surface area (Å²) in [6, 6.07) is 7.04. The Morgan fingerprint density at radius 3 is 2.39 bits per heavy atom. The van der Waals surface area contributed by atoms with E-state index in [2.05, 4.69) is 19.7 Å². The molecule has 8 heteroatoms. The normalized spacial score (nSPS) is 11.7. The summed E-state index contributed by atoms with van der Waals surface area (Å²) in [5.74, 6) is -0.568. The highest BCUT2D eigenvalue weighted by atomic mass is 19.4. The van der Waals surface area contributed by atoms with Crippen molar-refractivity contribution < 1.29 is 23.0 Å². The molecular formula is C15H10F3N3O2. The van der Waals surface area contributed by atoms with Crippen molar-refractivity contribution in [1.82, 2.24) is 15.0 Å². The Labute approximate surface area is 128 Å². The van der Waals surface area contributed by atoms with Gasteiger partial charge in [-0.1, -0.05) is 0 Å². The summed E-state index contributed by atoms with van der Waals surface area (Å²) in [6.45, 7) is 1.79. The van der Waals surface area contributed by atoms with Crippen LogP contribution in [0, 0.1) is 6.92 Å². The number of aromatic nitrogens is 3. The van der Waals surface area contributed by atoms with Gasteiger partial charge in [0.05, 0.1) is 11.2 Å². The number of halogens is 3. The molecule has 2 aromatic heterocycles. The van der Waals surface area contributed by atoms with Crippen molar-refractivity contribution >= 4 is 11.0 Å². The number of rotatable bonds is 2. The second kappa shape index (κ2) is 5.38. The first-order valence-electron chi connectivity index (χ1n) is 6.51. The summed E-state index contributed by atoms with van der Waals surface area (Å²) in [4.78, 5) is 12.0. The van der Waals surface area contributed by atoms with E-state index in [1.807, 2.05) is 0 Å². The molecule has 0 aliphatic carbocycles. The van der Waals surface area contributed by atoms with Gasteiger partial charge in [0, 0.05) is 5.56 Å². The summed E-state index contributed by atoms with van der Waals surface area (Å²) in [6.07, 6.45) is -3.50. The fourth-order valence-electron chi connectivity index (χ4n) is 2.16. The number of aromatic hydroxyl groups is 1. The van der Waals surface area contributed by atoms with Crippen LogP contribution in [0.15, 0.2) is 36.7 Å². The number of hydrogen-bond acceptors (Lipinski definition) is 5. The van der Waals surface area contributed by atoms with E-state index in [-0.39, 0.29) is 17.1 Å². The van der Waals surface area contributed by atoms with E-state index in [0.29, 0.717) is 16.8 Å². The summed E-state index contributed by atoms with van der Waals surface area (Å²) >= 11 is 0. The van der Waals surface area contributed by atoms with Gasteiger partial charge in [-0.05, 0) is 42.8 Å². The van der Waals surface area contributed by atoms with Gasteiger partial charge in [-0.2, -0.15) is 0 Å². The van der Waals surface area contributed by atoms with E-state index in [1.54, 1.807) is 13.0 Å². The number of aryl methyl sites for hydroxylation is 1. The maximum atomic E-state index is 12.2. The van der Waals surface area contributed by atoms with Crippen LogP contribution in [0.5, 0.6) is 11.6 Å². The van der Waals surface area contributed by atoms with Crippen molar-refractivity contribution in [3.8, 4) is 22.9 Å². The number of benzene rings is 1. The van der Waals surface area contributed by atoms with Gasteiger partial charge in [-0.3, -0.25) is 0 Å². The largest absolute Gasteiger partial charge is 0.573 e. The Kier molecular flexibility index (Phi) is 3.51. The summed E-state index contributed by atoms with van der Waals surface area (Å²) in [7, 11) is 0. The average Bonchev–Trinajstić information content (AvgIpc) is 2.47. The third-order valence-electron chi connectivity index (χ3n) is 3.15. The first-order valence-corrected chi connectivity index (χ1v) is 6.51. The molecule has 0 amide bonds. The lowest BCUT2D eigenvalue weighted by molar-refractivity contribution is -0.274. The quantitative estimate of drug-likeness (QED) is 0.781. The van der Waals surface area contributed by atoms with E-state index in [1.165, 1.54) is 30.6 Å². The Bertz CT molecular complexity index is 864. The Balaban J connectivity index is 2.02. The molecule has 0 saturated carbocycles. The molecule has 0 bridgehead atoms. The lowest BCUT2D eigenvalue weighted by Gasteiger charge is -2.10. The van der Waals surface area contributed by atoms with Gasteiger partial charge < -0.3 is 9.84 Å². The third-order valence-corrected chi connectivity index (χ3v) is 3.15. The van der Waals surface area contributed by atoms with E-state index in [0.717, 1.165) is 5.56 Å². The lowest BCUT2D eigenvalue weighted by Crippen LogP contribution is -2.16. The first-order chi connectivity index (χ1) is 10.8. The summed E-state index contributed by atoms with van der Waals surface area (Å²) in [5, 5.41) is 9.78. The standard InChI is InChI=1S/C15H10F3N3O2/c1-8-6-11(21-13-12(8)19-7-20-14(13)22)9-2-4-10(5-3-9)23-15(16,17)18/h2-7H,1H3,(H,19,20,22). The maximum absolute atomic E-state index is 12.2. The molecule has 3 rings (SSSR count). The van der Waals surface area contributed by atoms with Crippen LogP contribution in [-0.2, 0) is 0 Å². The molecule has 0 aliphatic rings. The van der Waals surface area contributed by atoms with E-state index in [9.17, 15) is 18.3 Å². The number of fused-ring (bicyclic) bond motifs is 1. The highest BCUT2D eigenvalue weighted by Crippen LogP contribution is 2.29. The number of alkyl halides is 3. The molecule has 0 saturated heterocycles. The molecule has 3 aromatic rings. The predicted molar refractivity (Wildman–Crippen MR) is 75.9 cm³/mol. The minimum absolute atomic E-state index is 0.234. The number of pyridine rings is 1. The van der Waals surface area contributed by atoms with Crippen molar-refractivity contribution in [2.24, 2.45) is 0 Å². The molecule has 1 N–H and O–H groups in total. The second-order valence-electron chi connectivity index (χ2n) is 4.79. The molecule has 0 spiro atoms. The van der Waals surface area contributed by atoms with Crippen molar-refractivity contribution in [3.05, 3.63) is 42.2 Å². The monoisotopic (exact) mass is 321 g/mol. The van der Waals surface area contributed by atoms with Crippen LogP contribution in [0.3, 0.4) is 0 Å². The van der Waals surface area contributed by atoms with E-state index >= 15 is 0 Å². The Morgan fingerprint density at radius 2 is 1.74 bits per heavy atom. The summed E-state index contributed by atoms with van der Waals surface area (Å²) < 4.78 is 40.3. The van der Waals surface area contributed by atoms with Crippen LogP contribution >= 0.6 is 0 Å². The zero-order valence-corrected chi connectivity index (χ0v) is 11.8. The minimum Gasteiger partial charge on any atom is -0.492 e. The van der Waals surface area contributed by atoms with Crippen LogP contribution in [0.25, 0.3) is 22.3 Å². The minimum atomic E-state index is -4.73. The fraction of sp³-hybridized carbons (Fsp3) is 0.133. The molecule has 118 valence electrons. The average molecular weight is 321 g/mol. The molecule has 0 fully saturated rings. The number of nitrogens with zero attached hydrogens (tertiary/aromatic N) is 3. The molecule has 5 nitrogen and oxygen atoms in total. The van der Waals surface area contributed by atoms with Crippen molar-refractivity contribution in [1.29, 1.82) is 0 Å². The molecule has 2 heterocycles. The predicted octanol–water partition coefficient (Wildman–Crippen LogP) is 3.60. The second-order valence-corrected chi connectivity index (χ2v) is 4.79. The molecule has 0 radical (unpaired) electrons. The van der Waals surface area contributed by atoms with Crippen LogP contribution in [0.4, 0.5) is 13.2 Å². The van der Waals surface area contributed by atoms with Crippen LogP contribution < -0.4 is 4.74 Å². The molecule has 0 unspecified atom stereocenters. The molecular weight excluding hydrogens is 311 g/mol. The lowest BCUT2D eigenvalue weighted by atomic mass is 10.1. The number of ether oxygens (including phenoxy) is 1. The highest BCUT2D eigenvalue weighted by molar-refractivity contribution is 5.84. The van der Waals surface area contributed by atoms with E-state index < -0.39 is 6.36 Å². The topological polar surface area (TPSA) is 68.1 Å². The highest BCUT2D eigenvalue weighted by Gasteiger charge is 2.31. The summed E-state index contributed by atoms with van der Waals surface area (Å²) in [5.41, 5.74) is 2.57. The molecule has 0 atom stereocenters. The molecule has 23 heavy (non-hydrogen) atoms. The van der Waals surface area contributed by atoms with Crippen molar-refractivity contribution in [3.63, 3.8) is 0 Å². The van der Waals surface area contributed by atoms with Gasteiger partial charge in [0.2, 0.25) is 5.88 Å². The SMILES string of the molecule is Cc1cc(-c2ccc(OC(F)(F)F)cc2)nc2c(O)ncnc12. The zero-order chi connectivity index (χ0) is 16.6. The van der Waals surface area contributed by atoms with Gasteiger partial charge in [0.1, 0.15) is 12.1 Å². The molecule has 1 aromatic carbocycles. The van der Waals surface area contributed by atoms with Gasteiger partial charge in [0.25, 0.3) is 0 Å². The van der Waals surface area contributed by atoms with Gasteiger partial charge in [-0.15, -0.1) is 13.2 Å². The van der Waals surface area contributed by atoms with Crippen molar-refractivity contribution in [2.45, 2.75) is 13.3 Å². The maximum Gasteiger partial charge on any atom is 0.573 e. The van der Waals surface area contributed by atoms with E-state index in [4.69, 9.17) is 0 Å². The smallest absolute Gasteiger partial charge is 0.492 e. The Morgan fingerprint density at radius 1 is 1.04 bits per heavy atom. The van der Waals surface area contributed by atoms with Crippen LogP contribution in [0.2, 0.25) is 0 Å². The molecule has 0 aliphatic heterocycles. The third kappa shape index (κ3) is 3.15.